The molecule has 1 aromatic heterocycles. The number of amides is 1. The Morgan fingerprint density at radius 2 is 1.72 bits per heavy atom. The van der Waals surface area contributed by atoms with Gasteiger partial charge in [0.2, 0.25) is 5.91 Å². The molecule has 1 aliphatic rings. The van der Waals surface area contributed by atoms with Crippen LogP contribution in [-0.4, -0.2) is 27.3 Å². The second-order valence-corrected chi connectivity index (χ2v) is 7.46. The van der Waals surface area contributed by atoms with Gasteiger partial charge in [0.1, 0.15) is 5.82 Å². The first-order valence-corrected chi connectivity index (χ1v) is 10.2. The normalized spacial score (nSPS) is 13.2. The molecule has 0 bridgehead atoms. The van der Waals surface area contributed by atoms with Crippen molar-refractivity contribution in [2.24, 2.45) is 0 Å². The van der Waals surface area contributed by atoms with Crippen LogP contribution in [0.15, 0.2) is 65.5 Å². The number of nitrogens with one attached hydrogen (secondary N) is 1. The van der Waals surface area contributed by atoms with Gasteiger partial charge in [-0.3, -0.25) is 9.59 Å². The Labute approximate surface area is 170 Å². The van der Waals surface area contributed by atoms with Crippen LogP contribution < -0.4 is 5.56 Å². The molecule has 5 heteroatoms. The fourth-order valence-corrected chi connectivity index (χ4v) is 3.79. The van der Waals surface area contributed by atoms with E-state index in [4.69, 9.17) is 0 Å². The van der Waals surface area contributed by atoms with E-state index < -0.39 is 0 Å². The van der Waals surface area contributed by atoms with Crippen molar-refractivity contribution in [2.75, 3.05) is 6.54 Å². The quantitative estimate of drug-likeness (QED) is 0.656. The highest BCUT2D eigenvalue weighted by Crippen LogP contribution is 2.19. The van der Waals surface area contributed by atoms with Crippen molar-refractivity contribution in [1.82, 2.24) is 14.9 Å². The van der Waals surface area contributed by atoms with Crippen LogP contribution in [0.5, 0.6) is 0 Å². The van der Waals surface area contributed by atoms with E-state index in [9.17, 15) is 9.59 Å². The van der Waals surface area contributed by atoms with E-state index in [1.54, 1.807) is 0 Å². The van der Waals surface area contributed by atoms with Crippen LogP contribution in [0, 0.1) is 0 Å². The van der Waals surface area contributed by atoms with Crippen LogP contribution in [0.25, 0.3) is 11.4 Å². The van der Waals surface area contributed by atoms with Gasteiger partial charge in [-0.1, -0.05) is 60.7 Å². The van der Waals surface area contributed by atoms with Crippen molar-refractivity contribution in [1.29, 1.82) is 0 Å². The number of nitrogens with zero attached hydrogens (tertiary/aromatic N) is 2. The summed E-state index contributed by atoms with van der Waals surface area (Å²) in [5, 5.41) is 0. The van der Waals surface area contributed by atoms with Crippen molar-refractivity contribution in [3.8, 4) is 11.4 Å². The lowest BCUT2D eigenvalue weighted by Gasteiger charge is -2.28. The van der Waals surface area contributed by atoms with Gasteiger partial charge >= 0.3 is 0 Å². The van der Waals surface area contributed by atoms with Gasteiger partial charge in [-0.2, -0.15) is 0 Å². The smallest absolute Gasteiger partial charge is 0.254 e. The third-order valence-corrected chi connectivity index (χ3v) is 5.42. The Bertz CT molecular complexity index is 1030. The maximum Gasteiger partial charge on any atom is 0.254 e. The number of hydrogen-bond donors (Lipinski definition) is 1. The number of aryl methyl sites for hydroxylation is 1. The van der Waals surface area contributed by atoms with E-state index in [-0.39, 0.29) is 11.5 Å². The number of benzene rings is 2. The van der Waals surface area contributed by atoms with E-state index in [0.717, 1.165) is 30.5 Å². The van der Waals surface area contributed by atoms with Crippen LogP contribution >= 0.6 is 0 Å². The average molecular weight is 387 g/mol. The highest BCUT2D eigenvalue weighted by Gasteiger charge is 2.24. The first kappa shape index (κ1) is 19.1. The van der Waals surface area contributed by atoms with E-state index >= 15 is 0 Å². The standard InChI is InChI=1S/C24H25N3O2/c28-22(14-8-7-11-18-9-3-1-4-10-18)27-16-15-20-21(17-27)25-23(26-24(20)29)19-12-5-2-6-13-19/h1-6,9-10,12-13H,7-8,11,14-17H2,(H,25,26,29). The molecule has 3 aromatic rings. The fraction of sp³-hybridized carbons (Fsp3) is 0.292. The number of unbranched alkanes of at least 4 members (excludes halogenated alkanes) is 1. The summed E-state index contributed by atoms with van der Waals surface area (Å²) < 4.78 is 0. The number of H-pyrrole nitrogens is 1. The molecule has 0 radical (unpaired) electrons. The summed E-state index contributed by atoms with van der Waals surface area (Å²) >= 11 is 0. The van der Waals surface area contributed by atoms with Gasteiger partial charge in [-0.15, -0.1) is 0 Å². The first-order valence-electron chi connectivity index (χ1n) is 10.2. The SMILES string of the molecule is O=C(CCCCc1ccccc1)N1CCc2c(nc(-c3ccccc3)[nH]c2=O)C1. The molecule has 0 unspecified atom stereocenters. The summed E-state index contributed by atoms with van der Waals surface area (Å²) in [5.41, 5.74) is 3.51. The molecule has 148 valence electrons. The highest BCUT2D eigenvalue weighted by atomic mass is 16.2. The Morgan fingerprint density at radius 3 is 2.48 bits per heavy atom. The predicted molar refractivity (Wildman–Crippen MR) is 113 cm³/mol. The molecule has 1 N–H and O–H groups in total. The summed E-state index contributed by atoms with van der Waals surface area (Å²) in [6.45, 7) is 0.997. The minimum atomic E-state index is -0.0937. The van der Waals surface area contributed by atoms with Crippen LogP contribution in [0.2, 0.25) is 0 Å². The topological polar surface area (TPSA) is 66.1 Å². The van der Waals surface area contributed by atoms with E-state index in [0.29, 0.717) is 37.3 Å². The molecule has 0 saturated carbocycles. The van der Waals surface area contributed by atoms with Crippen molar-refractivity contribution in [2.45, 2.75) is 38.6 Å². The third kappa shape index (κ3) is 4.62. The predicted octanol–water partition coefficient (Wildman–Crippen LogP) is 3.73. The second-order valence-electron chi connectivity index (χ2n) is 7.46. The van der Waals surface area contributed by atoms with Crippen LogP contribution in [0.3, 0.4) is 0 Å². The molecule has 1 aliphatic heterocycles. The minimum Gasteiger partial charge on any atom is -0.336 e. The molecule has 0 spiro atoms. The summed E-state index contributed by atoms with van der Waals surface area (Å²) in [5.74, 6) is 0.707. The number of hydrogen-bond acceptors (Lipinski definition) is 3. The van der Waals surface area contributed by atoms with Gasteiger partial charge in [-0.05, 0) is 31.2 Å². The molecule has 0 atom stereocenters. The summed E-state index contributed by atoms with van der Waals surface area (Å²) in [6.07, 6.45) is 3.96. The van der Waals surface area contributed by atoms with Crippen LogP contribution in [0.4, 0.5) is 0 Å². The van der Waals surface area contributed by atoms with Gasteiger partial charge in [0.15, 0.2) is 0 Å². The molecule has 0 saturated heterocycles. The number of aromatic amines is 1. The van der Waals surface area contributed by atoms with Gasteiger partial charge < -0.3 is 9.88 Å². The fourth-order valence-electron chi connectivity index (χ4n) is 3.79. The number of carbonyl (C=O) groups is 1. The van der Waals surface area contributed by atoms with Crippen molar-refractivity contribution in [3.05, 3.63) is 87.8 Å². The monoisotopic (exact) mass is 387 g/mol. The lowest BCUT2D eigenvalue weighted by atomic mass is 10.0. The Morgan fingerprint density at radius 1 is 1.00 bits per heavy atom. The minimum absolute atomic E-state index is 0.0937. The summed E-state index contributed by atoms with van der Waals surface area (Å²) in [6, 6.07) is 20.0. The van der Waals surface area contributed by atoms with Crippen molar-refractivity contribution in [3.63, 3.8) is 0 Å². The molecule has 29 heavy (non-hydrogen) atoms. The summed E-state index contributed by atoms with van der Waals surface area (Å²) in [4.78, 5) is 34.5. The van der Waals surface area contributed by atoms with Crippen molar-refractivity contribution < 1.29 is 4.79 Å². The zero-order chi connectivity index (χ0) is 20.1. The van der Waals surface area contributed by atoms with Crippen LogP contribution in [0.1, 0.15) is 36.1 Å². The molecular weight excluding hydrogens is 362 g/mol. The summed E-state index contributed by atoms with van der Waals surface area (Å²) in [7, 11) is 0. The average Bonchev–Trinajstić information content (AvgIpc) is 2.77. The maximum atomic E-state index is 12.7. The van der Waals surface area contributed by atoms with Gasteiger partial charge in [0.25, 0.3) is 5.56 Å². The Balaban J connectivity index is 1.38. The van der Waals surface area contributed by atoms with E-state index in [1.807, 2.05) is 53.4 Å². The molecule has 0 fully saturated rings. The molecule has 0 aliphatic carbocycles. The molecule has 4 rings (SSSR count). The highest BCUT2D eigenvalue weighted by molar-refractivity contribution is 5.76. The van der Waals surface area contributed by atoms with Gasteiger partial charge in [-0.25, -0.2) is 4.98 Å². The lowest BCUT2D eigenvalue weighted by Crippen LogP contribution is -2.39. The molecule has 5 nitrogen and oxygen atoms in total. The largest absolute Gasteiger partial charge is 0.336 e. The Kier molecular flexibility index (Phi) is 5.84. The first-order chi connectivity index (χ1) is 14.2. The maximum absolute atomic E-state index is 12.7. The second kappa shape index (κ2) is 8.86. The Hall–Kier alpha value is -3.21. The van der Waals surface area contributed by atoms with Crippen LogP contribution in [-0.2, 0) is 24.2 Å². The zero-order valence-corrected chi connectivity index (χ0v) is 16.4. The number of rotatable bonds is 6. The number of fused-ring (bicyclic) bond motifs is 1. The van der Waals surface area contributed by atoms with Gasteiger partial charge in [0, 0.05) is 24.1 Å². The van der Waals surface area contributed by atoms with E-state index in [1.165, 1.54) is 5.56 Å². The number of carbonyl (C=O) groups excluding carboxylic acids is 1. The van der Waals surface area contributed by atoms with Crippen molar-refractivity contribution >= 4 is 5.91 Å². The molecule has 2 heterocycles. The van der Waals surface area contributed by atoms with Gasteiger partial charge in [0.05, 0.1) is 12.2 Å². The third-order valence-electron chi connectivity index (χ3n) is 5.42. The molecule has 2 aromatic carbocycles. The lowest BCUT2D eigenvalue weighted by molar-refractivity contribution is -0.132. The molecule has 1 amide bonds. The van der Waals surface area contributed by atoms with E-state index in [2.05, 4.69) is 22.1 Å². The zero-order valence-electron chi connectivity index (χ0n) is 16.4. The molecular formula is C24H25N3O2. The number of aromatic nitrogens is 2.